The number of thiazole rings is 1. The number of carbonyl (C=O) groups excluding carboxylic acids is 1. The van der Waals surface area contributed by atoms with Gasteiger partial charge in [0.05, 0.1) is 5.01 Å². The second-order valence-electron chi connectivity index (χ2n) is 5.46. The minimum Gasteiger partial charge on any atom is -0.330 e. The fourth-order valence-electron chi connectivity index (χ4n) is 2.38. The topological polar surface area (TPSA) is 59.2 Å². The smallest absolute Gasteiger partial charge is 0.273 e. The molecule has 0 saturated heterocycles. The van der Waals surface area contributed by atoms with E-state index in [2.05, 4.69) is 27.0 Å². The molecule has 1 aromatic heterocycles. The van der Waals surface area contributed by atoms with Gasteiger partial charge < -0.3 is 10.6 Å². The van der Waals surface area contributed by atoms with Crippen molar-refractivity contribution in [2.75, 3.05) is 6.54 Å². The Morgan fingerprint density at radius 2 is 2.27 bits per heavy atom. The highest BCUT2D eigenvalue weighted by Crippen LogP contribution is 2.30. The van der Waals surface area contributed by atoms with E-state index in [9.17, 15) is 4.79 Å². The van der Waals surface area contributed by atoms with Gasteiger partial charge in [0.25, 0.3) is 5.91 Å². The highest BCUT2D eigenvalue weighted by molar-refractivity contribution is 9.10. The highest BCUT2D eigenvalue weighted by Gasteiger charge is 2.34. The third-order valence-electron chi connectivity index (χ3n) is 3.62. The molecule has 0 atom stereocenters. The molecule has 1 saturated carbocycles. The summed E-state index contributed by atoms with van der Waals surface area (Å²) in [4.78, 5) is 19.1. The van der Waals surface area contributed by atoms with Crippen molar-refractivity contribution in [2.24, 2.45) is 5.73 Å². The number of hydrogen-bond donors (Lipinski definition) is 1. The number of amides is 1. The molecular weight excluding hydrogens is 362 g/mol. The van der Waals surface area contributed by atoms with E-state index in [1.54, 1.807) is 0 Å². The van der Waals surface area contributed by atoms with Crippen LogP contribution in [0.2, 0.25) is 0 Å². The largest absolute Gasteiger partial charge is 0.330 e. The Balaban J connectivity index is 1.76. The summed E-state index contributed by atoms with van der Waals surface area (Å²) in [5.41, 5.74) is 7.23. The number of nitrogens with zero attached hydrogens (tertiary/aromatic N) is 2. The molecule has 3 rings (SSSR count). The molecule has 1 aliphatic rings. The zero-order chi connectivity index (χ0) is 15.5. The molecule has 1 amide bonds. The van der Waals surface area contributed by atoms with Crippen LogP contribution in [0.15, 0.2) is 34.1 Å². The predicted molar refractivity (Wildman–Crippen MR) is 91.9 cm³/mol. The number of aromatic nitrogens is 1. The van der Waals surface area contributed by atoms with Crippen LogP contribution in [-0.2, 0) is 13.0 Å². The maximum atomic E-state index is 12.8. The predicted octanol–water partition coefficient (Wildman–Crippen LogP) is 3.21. The van der Waals surface area contributed by atoms with Crippen molar-refractivity contribution >= 4 is 33.2 Å². The Bertz CT molecular complexity index is 669. The second-order valence-corrected chi connectivity index (χ2v) is 7.32. The first kappa shape index (κ1) is 15.6. The number of rotatable bonds is 6. The number of hydrogen-bond acceptors (Lipinski definition) is 4. The summed E-state index contributed by atoms with van der Waals surface area (Å²) in [6.45, 7) is 1.19. The fraction of sp³-hybridized carbons (Fsp3) is 0.375. The van der Waals surface area contributed by atoms with Crippen LogP contribution in [0.4, 0.5) is 0 Å². The lowest BCUT2D eigenvalue weighted by atomic mass is 10.2. The summed E-state index contributed by atoms with van der Waals surface area (Å²) in [5.74, 6) is 0.0296. The summed E-state index contributed by atoms with van der Waals surface area (Å²) in [6.07, 6.45) is 2.89. The summed E-state index contributed by atoms with van der Waals surface area (Å²) < 4.78 is 1.03. The molecule has 6 heteroatoms. The van der Waals surface area contributed by atoms with Crippen LogP contribution < -0.4 is 5.73 Å². The zero-order valence-electron chi connectivity index (χ0n) is 12.2. The molecule has 4 nitrogen and oxygen atoms in total. The zero-order valence-corrected chi connectivity index (χ0v) is 14.6. The third kappa shape index (κ3) is 3.74. The molecule has 22 heavy (non-hydrogen) atoms. The Morgan fingerprint density at radius 1 is 1.45 bits per heavy atom. The lowest BCUT2D eigenvalue weighted by Gasteiger charge is -2.21. The first-order valence-corrected chi connectivity index (χ1v) is 9.04. The number of nitrogens with two attached hydrogens (primary N) is 1. The van der Waals surface area contributed by atoms with Crippen LogP contribution in [-0.4, -0.2) is 28.4 Å². The van der Waals surface area contributed by atoms with E-state index in [0.717, 1.165) is 34.3 Å². The van der Waals surface area contributed by atoms with E-state index in [-0.39, 0.29) is 5.91 Å². The summed E-state index contributed by atoms with van der Waals surface area (Å²) in [7, 11) is 0. The molecule has 0 spiro atoms. The molecule has 2 N–H and O–H groups in total. The van der Waals surface area contributed by atoms with Gasteiger partial charge in [0, 0.05) is 28.9 Å². The van der Waals surface area contributed by atoms with Gasteiger partial charge >= 0.3 is 0 Å². The number of benzene rings is 1. The van der Waals surface area contributed by atoms with Gasteiger partial charge in [0.1, 0.15) is 5.69 Å². The minimum absolute atomic E-state index is 0.0296. The molecular formula is C16H18BrN3OS. The molecule has 0 radical (unpaired) electrons. The fourth-order valence-corrected chi connectivity index (χ4v) is 3.61. The SMILES string of the molecule is NCCc1nc(C(=O)N(Cc2cccc(Br)c2)C2CC2)cs1. The van der Waals surface area contributed by atoms with Crippen LogP contribution >= 0.6 is 27.3 Å². The Labute approximate surface area is 142 Å². The maximum Gasteiger partial charge on any atom is 0.273 e. The van der Waals surface area contributed by atoms with Crippen molar-refractivity contribution in [3.8, 4) is 0 Å². The van der Waals surface area contributed by atoms with Crippen LogP contribution in [0.5, 0.6) is 0 Å². The van der Waals surface area contributed by atoms with Gasteiger partial charge in [0.2, 0.25) is 0 Å². The van der Waals surface area contributed by atoms with Gasteiger partial charge in [-0.25, -0.2) is 4.98 Å². The Kier molecular flexibility index (Phi) is 4.90. The summed E-state index contributed by atoms with van der Waals surface area (Å²) >= 11 is 5.00. The van der Waals surface area contributed by atoms with E-state index in [4.69, 9.17) is 5.73 Å². The lowest BCUT2D eigenvalue weighted by Crippen LogP contribution is -2.32. The van der Waals surface area contributed by atoms with Gasteiger partial charge in [-0.1, -0.05) is 28.1 Å². The molecule has 1 fully saturated rings. The molecule has 1 heterocycles. The number of carbonyl (C=O) groups is 1. The van der Waals surface area contributed by atoms with Gasteiger partial charge in [-0.05, 0) is 37.1 Å². The average molecular weight is 380 g/mol. The van der Waals surface area contributed by atoms with Gasteiger partial charge in [-0.2, -0.15) is 0 Å². The van der Waals surface area contributed by atoms with E-state index in [1.807, 2.05) is 28.5 Å². The maximum absolute atomic E-state index is 12.8. The van der Waals surface area contributed by atoms with Crippen molar-refractivity contribution in [2.45, 2.75) is 31.8 Å². The van der Waals surface area contributed by atoms with Gasteiger partial charge in [-0.15, -0.1) is 11.3 Å². The van der Waals surface area contributed by atoms with Crippen molar-refractivity contribution < 1.29 is 4.79 Å². The molecule has 0 bridgehead atoms. The van der Waals surface area contributed by atoms with Gasteiger partial charge in [-0.3, -0.25) is 4.79 Å². The van der Waals surface area contributed by atoms with E-state index in [1.165, 1.54) is 11.3 Å². The average Bonchev–Trinajstić information content (AvgIpc) is 3.24. The summed E-state index contributed by atoms with van der Waals surface area (Å²) in [5, 5.41) is 2.79. The van der Waals surface area contributed by atoms with Crippen molar-refractivity contribution in [3.05, 3.63) is 50.4 Å². The quantitative estimate of drug-likeness (QED) is 0.837. The van der Waals surface area contributed by atoms with Crippen molar-refractivity contribution in [3.63, 3.8) is 0 Å². The van der Waals surface area contributed by atoms with Crippen LogP contribution in [0.25, 0.3) is 0 Å². The van der Waals surface area contributed by atoms with E-state index >= 15 is 0 Å². The normalized spacial score (nSPS) is 14.1. The second kappa shape index (κ2) is 6.89. The molecule has 2 aromatic rings. The highest BCUT2D eigenvalue weighted by atomic mass is 79.9. The molecule has 0 unspecified atom stereocenters. The standard InChI is InChI=1S/C16H18BrN3OS/c17-12-3-1-2-11(8-12)9-20(13-4-5-13)16(21)14-10-22-15(19-14)6-7-18/h1-3,8,10,13H,4-7,9,18H2. The van der Waals surface area contributed by atoms with Gasteiger partial charge in [0.15, 0.2) is 0 Å². The van der Waals surface area contributed by atoms with E-state index in [0.29, 0.717) is 24.8 Å². The Hall–Kier alpha value is -1.24. The summed E-state index contributed by atoms with van der Waals surface area (Å²) in [6, 6.07) is 8.45. The van der Waals surface area contributed by atoms with Crippen LogP contribution in [0.1, 0.15) is 33.9 Å². The Morgan fingerprint density at radius 3 is 2.95 bits per heavy atom. The molecule has 116 valence electrons. The third-order valence-corrected chi connectivity index (χ3v) is 5.02. The monoisotopic (exact) mass is 379 g/mol. The molecule has 1 aliphatic carbocycles. The first-order chi connectivity index (χ1) is 10.7. The van der Waals surface area contributed by atoms with Crippen molar-refractivity contribution in [1.82, 2.24) is 9.88 Å². The number of halogens is 1. The minimum atomic E-state index is 0.0296. The lowest BCUT2D eigenvalue weighted by molar-refractivity contribution is 0.0724. The molecule has 0 aliphatic heterocycles. The van der Waals surface area contributed by atoms with Crippen LogP contribution in [0.3, 0.4) is 0 Å². The first-order valence-electron chi connectivity index (χ1n) is 7.37. The van der Waals surface area contributed by atoms with E-state index < -0.39 is 0 Å². The van der Waals surface area contributed by atoms with Crippen molar-refractivity contribution in [1.29, 1.82) is 0 Å². The van der Waals surface area contributed by atoms with Crippen LogP contribution in [0, 0.1) is 0 Å². The molecule has 1 aromatic carbocycles.